The number of hydrogen-bond donors (Lipinski definition) is 1. The van der Waals surface area contributed by atoms with E-state index in [1.54, 1.807) is 4.90 Å². The van der Waals surface area contributed by atoms with Crippen molar-refractivity contribution in [2.45, 2.75) is 24.6 Å². The Morgan fingerprint density at radius 1 is 0.905 bits per heavy atom. The molecule has 1 aliphatic rings. The zero-order valence-corrected chi connectivity index (χ0v) is 11.4. The zero-order chi connectivity index (χ0) is 14.8. The zero-order valence-electron chi connectivity index (χ0n) is 11.4. The first-order chi connectivity index (χ1) is 10.2. The minimum Gasteiger partial charge on any atom is -0.390 e. The van der Waals surface area contributed by atoms with Gasteiger partial charge in [-0.15, -0.1) is 0 Å². The first-order valence-corrected chi connectivity index (χ1v) is 7.00. The summed E-state index contributed by atoms with van der Waals surface area (Å²) in [7, 11) is 0. The molecule has 0 spiro atoms. The Morgan fingerprint density at radius 2 is 1.38 bits per heavy atom. The summed E-state index contributed by atoms with van der Waals surface area (Å²) in [6, 6.07) is 17.8. The van der Waals surface area contributed by atoms with Gasteiger partial charge in [-0.25, -0.2) is 8.78 Å². The number of aliphatic hydroxyl groups excluding tert-OH is 1. The van der Waals surface area contributed by atoms with Gasteiger partial charge in [-0.3, -0.25) is 4.90 Å². The average molecular weight is 289 g/mol. The summed E-state index contributed by atoms with van der Waals surface area (Å²) < 4.78 is 26.3. The molecule has 0 saturated carbocycles. The van der Waals surface area contributed by atoms with E-state index < -0.39 is 18.6 Å². The summed E-state index contributed by atoms with van der Waals surface area (Å²) in [6.45, 7) is 0.267. The second kappa shape index (κ2) is 5.92. The predicted molar refractivity (Wildman–Crippen MR) is 77.2 cm³/mol. The molecule has 1 heterocycles. The number of aliphatic hydroxyl groups is 1. The van der Waals surface area contributed by atoms with Crippen LogP contribution in [-0.2, 0) is 0 Å². The van der Waals surface area contributed by atoms with Crippen molar-refractivity contribution in [2.24, 2.45) is 0 Å². The molecule has 1 aliphatic heterocycles. The second-order valence-corrected chi connectivity index (χ2v) is 5.31. The molecular formula is C17H17F2NO. The highest BCUT2D eigenvalue weighted by Crippen LogP contribution is 2.37. The normalized spacial score (nSPS) is 22.5. The fraction of sp³-hybridized carbons (Fsp3) is 0.294. The molecule has 0 bridgehead atoms. The Balaban J connectivity index is 1.98. The molecular weight excluding hydrogens is 272 g/mol. The molecule has 3 rings (SSSR count). The Morgan fingerprint density at radius 3 is 1.76 bits per heavy atom. The minimum atomic E-state index is -2.55. The van der Waals surface area contributed by atoms with Crippen molar-refractivity contribution in [3.63, 3.8) is 0 Å². The van der Waals surface area contributed by atoms with Gasteiger partial charge in [-0.1, -0.05) is 60.7 Å². The number of nitrogens with zero attached hydrogens (tertiary/aromatic N) is 1. The Kier molecular flexibility index (Phi) is 3.99. The van der Waals surface area contributed by atoms with Crippen LogP contribution in [0.25, 0.3) is 0 Å². The number of benzene rings is 2. The van der Waals surface area contributed by atoms with E-state index in [1.807, 2.05) is 60.7 Å². The fourth-order valence-electron chi connectivity index (χ4n) is 2.97. The third-order valence-electron chi connectivity index (χ3n) is 4.00. The lowest BCUT2D eigenvalue weighted by molar-refractivity contribution is -0.138. The quantitative estimate of drug-likeness (QED) is 0.935. The van der Waals surface area contributed by atoms with Crippen LogP contribution >= 0.6 is 0 Å². The number of likely N-dealkylation sites (tertiary alicyclic amines) is 1. The lowest BCUT2D eigenvalue weighted by Crippen LogP contribution is -2.64. The van der Waals surface area contributed by atoms with Gasteiger partial charge in [0.2, 0.25) is 0 Å². The molecule has 1 saturated heterocycles. The Labute approximate surface area is 122 Å². The van der Waals surface area contributed by atoms with Gasteiger partial charge in [0, 0.05) is 6.54 Å². The standard InChI is InChI=1S/C17H17F2NO/c18-17(19)16-14(21)11-20(16)15(12-7-3-1-4-8-12)13-9-5-2-6-10-13/h1-10,14-17,21H,11H2/t14-,16+/m1/s1. The number of β-amino-alcohol motifs (C(OH)–C–C–N with tert-alkyl or cyclic N) is 1. The van der Waals surface area contributed by atoms with Crippen LogP contribution in [0.1, 0.15) is 17.2 Å². The van der Waals surface area contributed by atoms with Crippen molar-refractivity contribution in [1.82, 2.24) is 4.90 Å². The van der Waals surface area contributed by atoms with E-state index in [0.29, 0.717) is 0 Å². The van der Waals surface area contributed by atoms with Crippen LogP contribution in [0.3, 0.4) is 0 Å². The highest BCUT2D eigenvalue weighted by Gasteiger charge is 2.47. The first-order valence-electron chi connectivity index (χ1n) is 7.00. The van der Waals surface area contributed by atoms with Gasteiger partial charge in [-0.05, 0) is 11.1 Å². The van der Waals surface area contributed by atoms with Gasteiger partial charge < -0.3 is 5.11 Å². The molecule has 0 aromatic heterocycles. The Bertz CT molecular complexity index is 532. The summed E-state index contributed by atoms with van der Waals surface area (Å²) in [4.78, 5) is 1.68. The number of hydrogen-bond acceptors (Lipinski definition) is 2. The third kappa shape index (κ3) is 2.69. The predicted octanol–water partition coefficient (Wildman–Crippen LogP) is 3.09. The molecule has 2 atom stereocenters. The van der Waals surface area contributed by atoms with Crippen LogP contribution in [0.4, 0.5) is 8.78 Å². The van der Waals surface area contributed by atoms with Crippen molar-refractivity contribution >= 4 is 0 Å². The molecule has 1 fully saturated rings. The van der Waals surface area contributed by atoms with Gasteiger partial charge >= 0.3 is 0 Å². The highest BCUT2D eigenvalue weighted by molar-refractivity contribution is 5.33. The molecule has 0 radical (unpaired) electrons. The summed E-state index contributed by atoms with van der Waals surface area (Å²) in [5.41, 5.74) is 1.92. The van der Waals surface area contributed by atoms with E-state index in [2.05, 4.69) is 0 Å². The number of rotatable bonds is 4. The summed E-state index contributed by atoms with van der Waals surface area (Å²) in [5, 5.41) is 9.67. The molecule has 110 valence electrons. The van der Waals surface area contributed by atoms with E-state index in [9.17, 15) is 13.9 Å². The highest BCUT2D eigenvalue weighted by atomic mass is 19.3. The van der Waals surface area contributed by atoms with Gasteiger partial charge in [-0.2, -0.15) is 0 Å². The molecule has 0 aliphatic carbocycles. The summed E-state index contributed by atoms with van der Waals surface area (Å²) in [6.07, 6.45) is -3.51. The first kappa shape index (κ1) is 14.2. The maximum absolute atomic E-state index is 13.2. The summed E-state index contributed by atoms with van der Waals surface area (Å²) >= 11 is 0. The van der Waals surface area contributed by atoms with Crippen molar-refractivity contribution in [3.05, 3.63) is 71.8 Å². The molecule has 0 amide bonds. The molecule has 0 unspecified atom stereocenters. The second-order valence-electron chi connectivity index (χ2n) is 5.31. The Hall–Kier alpha value is -1.78. The molecule has 2 nitrogen and oxygen atoms in total. The maximum atomic E-state index is 13.2. The van der Waals surface area contributed by atoms with E-state index in [4.69, 9.17) is 0 Å². The molecule has 21 heavy (non-hydrogen) atoms. The van der Waals surface area contributed by atoms with E-state index in [0.717, 1.165) is 11.1 Å². The van der Waals surface area contributed by atoms with Crippen molar-refractivity contribution < 1.29 is 13.9 Å². The number of alkyl halides is 2. The van der Waals surface area contributed by atoms with Gasteiger partial charge in [0.25, 0.3) is 6.43 Å². The van der Waals surface area contributed by atoms with E-state index in [1.165, 1.54) is 0 Å². The lowest BCUT2D eigenvalue weighted by Gasteiger charge is -2.49. The maximum Gasteiger partial charge on any atom is 0.256 e. The molecule has 1 N–H and O–H groups in total. The van der Waals surface area contributed by atoms with Gasteiger partial charge in [0.15, 0.2) is 0 Å². The largest absolute Gasteiger partial charge is 0.390 e. The van der Waals surface area contributed by atoms with Crippen molar-refractivity contribution in [1.29, 1.82) is 0 Å². The molecule has 2 aromatic rings. The van der Waals surface area contributed by atoms with E-state index >= 15 is 0 Å². The minimum absolute atomic E-state index is 0.255. The van der Waals surface area contributed by atoms with E-state index in [-0.39, 0.29) is 12.6 Å². The van der Waals surface area contributed by atoms with Crippen LogP contribution in [0.15, 0.2) is 60.7 Å². The van der Waals surface area contributed by atoms with Crippen molar-refractivity contribution in [2.75, 3.05) is 6.54 Å². The fourth-order valence-corrected chi connectivity index (χ4v) is 2.97. The van der Waals surface area contributed by atoms with Crippen LogP contribution < -0.4 is 0 Å². The SMILES string of the molecule is O[C@@H]1CN(C(c2ccccc2)c2ccccc2)[C@@H]1C(F)F. The number of halogens is 2. The molecule has 2 aromatic carbocycles. The lowest BCUT2D eigenvalue weighted by atomic mass is 9.89. The van der Waals surface area contributed by atoms with Crippen LogP contribution in [-0.4, -0.2) is 35.1 Å². The molecule has 4 heteroatoms. The van der Waals surface area contributed by atoms with Crippen LogP contribution in [0.2, 0.25) is 0 Å². The van der Waals surface area contributed by atoms with Gasteiger partial charge in [0.1, 0.15) is 0 Å². The van der Waals surface area contributed by atoms with Crippen molar-refractivity contribution in [3.8, 4) is 0 Å². The topological polar surface area (TPSA) is 23.5 Å². The smallest absolute Gasteiger partial charge is 0.256 e. The third-order valence-corrected chi connectivity index (χ3v) is 4.00. The van der Waals surface area contributed by atoms with Crippen LogP contribution in [0, 0.1) is 0 Å². The average Bonchev–Trinajstić information content (AvgIpc) is 2.48. The van der Waals surface area contributed by atoms with Gasteiger partial charge in [0.05, 0.1) is 18.2 Å². The van der Waals surface area contributed by atoms with Crippen LogP contribution in [0.5, 0.6) is 0 Å². The monoisotopic (exact) mass is 289 g/mol. The summed E-state index contributed by atoms with van der Waals surface area (Å²) in [5.74, 6) is 0.